The topological polar surface area (TPSA) is 47.3 Å². The Balaban J connectivity index is 2.17. The van der Waals surface area contributed by atoms with E-state index in [1.165, 1.54) is 6.42 Å². The maximum Gasteiger partial charge on any atom is 0.160 e. The third-order valence-electron chi connectivity index (χ3n) is 1.21. The molecule has 3 heteroatoms. The summed E-state index contributed by atoms with van der Waals surface area (Å²) in [6.45, 7) is 1.79. The zero-order chi connectivity index (χ0) is 5.82. The number of rotatable bonds is 0. The van der Waals surface area contributed by atoms with Crippen LogP contribution >= 0.6 is 0 Å². The van der Waals surface area contributed by atoms with Gasteiger partial charge in [-0.15, -0.1) is 0 Å². The van der Waals surface area contributed by atoms with E-state index in [-0.39, 0.29) is 6.35 Å². The van der Waals surface area contributed by atoms with Crippen molar-refractivity contribution < 1.29 is 4.74 Å². The molecule has 0 radical (unpaired) electrons. The smallest absolute Gasteiger partial charge is 0.160 e. The third kappa shape index (κ3) is 1.78. The van der Waals surface area contributed by atoms with Gasteiger partial charge < -0.3 is 4.74 Å². The molecule has 0 aliphatic carbocycles. The standard InChI is InChI=1S/C5H12N2O/c6-5-7-3-1-2-4-8-5/h5,7H,1-4,6H2. The lowest BCUT2D eigenvalue weighted by Crippen LogP contribution is -2.38. The van der Waals surface area contributed by atoms with E-state index in [1.54, 1.807) is 0 Å². The predicted molar refractivity (Wildman–Crippen MR) is 31.2 cm³/mol. The molecule has 1 heterocycles. The first kappa shape index (κ1) is 6.01. The molecule has 0 aromatic heterocycles. The van der Waals surface area contributed by atoms with Gasteiger partial charge in [0.2, 0.25) is 0 Å². The number of ether oxygens (including phenoxy) is 1. The lowest BCUT2D eigenvalue weighted by Gasteiger charge is -2.07. The van der Waals surface area contributed by atoms with E-state index >= 15 is 0 Å². The van der Waals surface area contributed by atoms with Gasteiger partial charge in [-0.05, 0) is 19.4 Å². The van der Waals surface area contributed by atoms with Crippen LogP contribution in [0.2, 0.25) is 0 Å². The van der Waals surface area contributed by atoms with Gasteiger partial charge in [0.25, 0.3) is 0 Å². The highest BCUT2D eigenvalue weighted by molar-refractivity contribution is 4.53. The minimum Gasteiger partial charge on any atom is -0.350 e. The number of hydrogen-bond acceptors (Lipinski definition) is 3. The molecule has 1 rings (SSSR count). The summed E-state index contributed by atoms with van der Waals surface area (Å²) >= 11 is 0. The van der Waals surface area contributed by atoms with Gasteiger partial charge in [0.05, 0.1) is 6.61 Å². The number of hydrogen-bond donors (Lipinski definition) is 2. The van der Waals surface area contributed by atoms with E-state index in [0.29, 0.717) is 0 Å². The highest BCUT2D eigenvalue weighted by Crippen LogP contribution is 1.94. The molecule has 48 valence electrons. The molecule has 1 aliphatic heterocycles. The van der Waals surface area contributed by atoms with E-state index in [2.05, 4.69) is 5.32 Å². The van der Waals surface area contributed by atoms with Crippen molar-refractivity contribution >= 4 is 0 Å². The minimum atomic E-state index is -0.225. The second-order valence-electron chi connectivity index (χ2n) is 1.95. The molecule has 3 nitrogen and oxygen atoms in total. The zero-order valence-electron chi connectivity index (χ0n) is 4.89. The lowest BCUT2D eigenvalue weighted by atomic mass is 10.3. The molecule has 1 unspecified atom stereocenters. The summed E-state index contributed by atoms with van der Waals surface area (Å²) in [7, 11) is 0. The maximum absolute atomic E-state index is 5.40. The van der Waals surface area contributed by atoms with E-state index in [1.807, 2.05) is 0 Å². The average molecular weight is 116 g/mol. The average Bonchev–Trinajstić information content (AvgIpc) is 1.94. The van der Waals surface area contributed by atoms with Crippen molar-refractivity contribution in [1.82, 2.24) is 5.32 Å². The fourth-order valence-electron chi connectivity index (χ4n) is 0.741. The molecule has 0 aromatic carbocycles. The molecule has 8 heavy (non-hydrogen) atoms. The summed E-state index contributed by atoms with van der Waals surface area (Å²) in [5.41, 5.74) is 5.40. The summed E-state index contributed by atoms with van der Waals surface area (Å²) in [4.78, 5) is 0. The Labute approximate surface area is 49.2 Å². The van der Waals surface area contributed by atoms with Crippen LogP contribution < -0.4 is 11.1 Å². The Morgan fingerprint density at radius 3 is 3.25 bits per heavy atom. The molecular weight excluding hydrogens is 104 g/mol. The molecule has 0 bridgehead atoms. The van der Waals surface area contributed by atoms with E-state index in [9.17, 15) is 0 Å². The number of nitrogens with two attached hydrogens (primary N) is 1. The van der Waals surface area contributed by atoms with Crippen LogP contribution in [0.1, 0.15) is 12.8 Å². The second-order valence-corrected chi connectivity index (χ2v) is 1.95. The van der Waals surface area contributed by atoms with Gasteiger partial charge in [-0.2, -0.15) is 0 Å². The molecular formula is C5H12N2O. The monoisotopic (exact) mass is 116 g/mol. The Hall–Kier alpha value is -0.120. The van der Waals surface area contributed by atoms with E-state index < -0.39 is 0 Å². The Kier molecular flexibility index (Phi) is 2.27. The Bertz CT molecular complexity index is 59.4. The van der Waals surface area contributed by atoms with Crippen molar-refractivity contribution in [2.75, 3.05) is 13.2 Å². The lowest BCUT2D eigenvalue weighted by molar-refractivity contribution is 0.0479. The molecule has 0 saturated carbocycles. The summed E-state index contributed by atoms with van der Waals surface area (Å²) < 4.78 is 5.07. The van der Waals surface area contributed by atoms with Crippen molar-refractivity contribution in [1.29, 1.82) is 0 Å². The van der Waals surface area contributed by atoms with Crippen molar-refractivity contribution in [3.63, 3.8) is 0 Å². The predicted octanol–water partition coefficient (Wildman–Crippen LogP) is -0.371. The molecule has 1 aliphatic rings. The van der Waals surface area contributed by atoms with Gasteiger partial charge in [-0.3, -0.25) is 11.1 Å². The van der Waals surface area contributed by atoms with Gasteiger partial charge in [-0.25, -0.2) is 0 Å². The van der Waals surface area contributed by atoms with Gasteiger partial charge in [0.1, 0.15) is 0 Å². The van der Waals surface area contributed by atoms with Crippen LogP contribution in [-0.4, -0.2) is 19.5 Å². The van der Waals surface area contributed by atoms with Gasteiger partial charge in [0.15, 0.2) is 6.35 Å². The van der Waals surface area contributed by atoms with Crippen LogP contribution in [0.5, 0.6) is 0 Å². The van der Waals surface area contributed by atoms with Crippen LogP contribution in [0.3, 0.4) is 0 Å². The van der Waals surface area contributed by atoms with Crippen molar-refractivity contribution in [3.8, 4) is 0 Å². The first-order valence-corrected chi connectivity index (χ1v) is 3.00. The molecule has 0 aromatic rings. The van der Waals surface area contributed by atoms with Crippen LogP contribution in [0.4, 0.5) is 0 Å². The highest BCUT2D eigenvalue weighted by atomic mass is 16.5. The SMILES string of the molecule is NC1NCCCCO1. The first-order chi connectivity index (χ1) is 3.89. The highest BCUT2D eigenvalue weighted by Gasteiger charge is 2.03. The number of nitrogens with one attached hydrogen (secondary N) is 1. The maximum atomic E-state index is 5.40. The summed E-state index contributed by atoms with van der Waals surface area (Å²) in [6.07, 6.45) is 2.08. The fraction of sp³-hybridized carbons (Fsp3) is 1.00. The zero-order valence-corrected chi connectivity index (χ0v) is 4.89. The van der Waals surface area contributed by atoms with Crippen LogP contribution in [-0.2, 0) is 4.74 Å². The van der Waals surface area contributed by atoms with Gasteiger partial charge in [-0.1, -0.05) is 0 Å². The van der Waals surface area contributed by atoms with Gasteiger partial charge in [0, 0.05) is 0 Å². The van der Waals surface area contributed by atoms with Crippen molar-refractivity contribution in [2.45, 2.75) is 19.2 Å². The van der Waals surface area contributed by atoms with Crippen molar-refractivity contribution in [3.05, 3.63) is 0 Å². The molecule has 0 spiro atoms. The molecule has 3 N–H and O–H groups in total. The van der Waals surface area contributed by atoms with E-state index in [4.69, 9.17) is 10.5 Å². The summed E-state index contributed by atoms with van der Waals surface area (Å²) in [5, 5.41) is 3.00. The van der Waals surface area contributed by atoms with E-state index in [0.717, 1.165) is 19.6 Å². The largest absolute Gasteiger partial charge is 0.350 e. The van der Waals surface area contributed by atoms with Crippen LogP contribution in [0.15, 0.2) is 0 Å². The Morgan fingerprint density at radius 1 is 1.50 bits per heavy atom. The first-order valence-electron chi connectivity index (χ1n) is 3.00. The minimum absolute atomic E-state index is 0.225. The quantitative estimate of drug-likeness (QED) is 0.454. The second kappa shape index (κ2) is 3.02. The summed E-state index contributed by atoms with van der Waals surface area (Å²) in [5.74, 6) is 0. The van der Waals surface area contributed by atoms with Crippen molar-refractivity contribution in [2.24, 2.45) is 5.73 Å². The fourth-order valence-corrected chi connectivity index (χ4v) is 0.741. The molecule has 0 amide bonds. The van der Waals surface area contributed by atoms with Gasteiger partial charge >= 0.3 is 0 Å². The Morgan fingerprint density at radius 2 is 2.38 bits per heavy atom. The molecule has 1 fully saturated rings. The van der Waals surface area contributed by atoms with Crippen LogP contribution in [0, 0.1) is 0 Å². The molecule has 1 atom stereocenters. The third-order valence-corrected chi connectivity index (χ3v) is 1.21. The summed E-state index contributed by atoms with van der Waals surface area (Å²) in [6, 6.07) is 0. The molecule has 1 saturated heterocycles. The normalized spacial score (nSPS) is 31.9. The van der Waals surface area contributed by atoms with Crippen LogP contribution in [0.25, 0.3) is 0 Å².